The third-order valence-electron chi connectivity index (χ3n) is 7.23. The van der Waals surface area contributed by atoms with Crippen LogP contribution in [0.3, 0.4) is 0 Å². The van der Waals surface area contributed by atoms with Crippen molar-refractivity contribution in [3.05, 3.63) is 69.0 Å². The van der Waals surface area contributed by atoms with Crippen LogP contribution in [0, 0.1) is 0 Å². The van der Waals surface area contributed by atoms with Crippen molar-refractivity contribution >= 4 is 17.8 Å². The quantitative estimate of drug-likeness (QED) is 0.181. The maximum Gasteiger partial charge on any atom is 0.270 e. The summed E-state index contributed by atoms with van der Waals surface area (Å²) in [5, 5.41) is 6.44. The maximum atomic E-state index is 13.1. The van der Waals surface area contributed by atoms with Crippen molar-refractivity contribution in [2.45, 2.75) is 98.4 Å². The van der Waals surface area contributed by atoms with Gasteiger partial charge < -0.3 is 11.1 Å². The molecule has 222 valence electrons. The maximum absolute atomic E-state index is 13.1. The highest BCUT2D eigenvalue weighted by Gasteiger charge is 2.20. The Hall–Kier alpha value is -3.52. The van der Waals surface area contributed by atoms with E-state index in [0.29, 0.717) is 42.4 Å². The molecule has 1 atom stereocenters. The van der Waals surface area contributed by atoms with E-state index in [-0.39, 0.29) is 17.0 Å². The number of nitrogens with zero attached hydrogens (tertiary/aromatic N) is 4. The van der Waals surface area contributed by atoms with Crippen molar-refractivity contribution < 1.29 is 0 Å². The van der Waals surface area contributed by atoms with Gasteiger partial charge in [0.2, 0.25) is 5.95 Å². The molecule has 3 aromatic rings. The van der Waals surface area contributed by atoms with Crippen LogP contribution in [0.4, 0.5) is 5.95 Å². The molecule has 2 heterocycles. The second-order valence-electron chi connectivity index (χ2n) is 11.4. The summed E-state index contributed by atoms with van der Waals surface area (Å²) >= 11 is 0. The lowest BCUT2D eigenvalue weighted by atomic mass is 9.87. The SMILES string of the molecule is CC.CC=NC(CCN)Cc1c(=O)[nH]n2c(NCCCC3=CC(C)=CCC3)nc(-c3ccc(C(C)(C)C)cc3)nc12. The molecule has 1 aliphatic carbocycles. The molecule has 4 rings (SSSR count). The van der Waals surface area contributed by atoms with E-state index >= 15 is 0 Å². The van der Waals surface area contributed by atoms with Crippen molar-refractivity contribution in [1.29, 1.82) is 0 Å². The molecule has 41 heavy (non-hydrogen) atoms. The predicted octanol–water partition coefficient (Wildman–Crippen LogP) is 6.62. The van der Waals surface area contributed by atoms with Crippen LogP contribution >= 0.6 is 0 Å². The van der Waals surface area contributed by atoms with E-state index in [9.17, 15) is 4.79 Å². The Bertz CT molecular complexity index is 1420. The van der Waals surface area contributed by atoms with E-state index in [1.807, 2.05) is 20.8 Å². The monoisotopic (exact) mass is 559 g/mol. The van der Waals surface area contributed by atoms with Crippen LogP contribution in [0.2, 0.25) is 0 Å². The van der Waals surface area contributed by atoms with Crippen molar-refractivity contribution in [2.75, 3.05) is 18.4 Å². The molecule has 8 heteroatoms. The fraction of sp³-hybridized carbons (Fsp3) is 0.515. The van der Waals surface area contributed by atoms with Crippen molar-refractivity contribution in [3.8, 4) is 11.4 Å². The van der Waals surface area contributed by atoms with E-state index in [1.165, 1.54) is 16.7 Å². The Kier molecular flexibility index (Phi) is 11.6. The van der Waals surface area contributed by atoms with Crippen LogP contribution in [0.15, 0.2) is 57.4 Å². The first-order valence-electron chi connectivity index (χ1n) is 15.1. The average Bonchev–Trinajstić information content (AvgIpc) is 3.27. The number of benzene rings is 1. The average molecular weight is 560 g/mol. The first-order chi connectivity index (χ1) is 19.7. The third-order valence-corrected chi connectivity index (χ3v) is 7.23. The number of rotatable bonds is 11. The molecule has 0 amide bonds. The number of hydrogen-bond acceptors (Lipinski definition) is 6. The van der Waals surface area contributed by atoms with Gasteiger partial charge in [0.1, 0.15) is 0 Å². The molecule has 0 aliphatic heterocycles. The Morgan fingerprint density at radius 3 is 2.56 bits per heavy atom. The summed E-state index contributed by atoms with van der Waals surface area (Å²) in [5.74, 6) is 1.17. The van der Waals surface area contributed by atoms with Crippen molar-refractivity contribution in [1.82, 2.24) is 19.6 Å². The van der Waals surface area contributed by atoms with Crippen LogP contribution in [0.1, 0.15) is 91.7 Å². The van der Waals surface area contributed by atoms with Crippen molar-refractivity contribution in [2.24, 2.45) is 10.7 Å². The smallest absolute Gasteiger partial charge is 0.270 e. The van der Waals surface area contributed by atoms with Gasteiger partial charge in [0.15, 0.2) is 11.5 Å². The minimum Gasteiger partial charge on any atom is -0.354 e. The highest BCUT2D eigenvalue weighted by Crippen LogP contribution is 2.26. The summed E-state index contributed by atoms with van der Waals surface area (Å²) in [6.45, 7) is 15.9. The summed E-state index contributed by atoms with van der Waals surface area (Å²) < 4.78 is 1.69. The first-order valence-corrected chi connectivity index (χ1v) is 15.1. The lowest BCUT2D eigenvalue weighted by molar-refractivity contribution is 0.590. The third kappa shape index (κ3) is 8.49. The van der Waals surface area contributed by atoms with E-state index in [4.69, 9.17) is 15.7 Å². The van der Waals surface area contributed by atoms with Crippen LogP contribution < -0.4 is 16.6 Å². The second-order valence-corrected chi connectivity index (χ2v) is 11.4. The van der Waals surface area contributed by atoms with Gasteiger partial charge in [-0.3, -0.25) is 14.9 Å². The standard InChI is InChI=1S/C31H43N7O.C2H6/c1-6-33-25(16-17-32)20-26-28-35-27(23-12-14-24(15-13-23)31(3,4)5)36-30(38(28)37-29(26)39)34-18-8-11-22-10-7-9-21(2)19-22;1-2/h6,9,12-15,19,25H,7-8,10-11,16-18,20,32H2,1-5H3,(H,37,39)(H,34,35,36);1-2H3. The molecule has 0 bridgehead atoms. The van der Waals surface area contributed by atoms with E-state index in [2.05, 4.69) is 79.5 Å². The molecule has 4 N–H and O–H groups in total. The normalized spacial score (nSPS) is 14.4. The lowest BCUT2D eigenvalue weighted by Crippen LogP contribution is -2.18. The van der Waals surface area contributed by atoms with Gasteiger partial charge in [-0.05, 0) is 69.7 Å². The molecular formula is C33H49N7O. The summed E-state index contributed by atoms with van der Waals surface area (Å²) in [5.41, 5.74) is 11.9. The summed E-state index contributed by atoms with van der Waals surface area (Å²) in [6, 6.07) is 8.30. The topological polar surface area (TPSA) is 113 Å². The van der Waals surface area contributed by atoms with E-state index < -0.39 is 0 Å². The van der Waals surface area contributed by atoms with Gasteiger partial charge >= 0.3 is 0 Å². The van der Waals surface area contributed by atoms with Gasteiger partial charge in [-0.2, -0.15) is 4.98 Å². The molecule has 2 aromatic heterocycles. The predicted molar refractivity (Wildman–Crippen MR) is 173 cm³/mol. The zero-order valence-corrected chi connectivity index (χ0v) is 26.1. The van der Waals surface area contributed by atoms with Gasteiger partial charge in [0, 0.05) is 18.5 Å². The van der Waals surface area contributed by atoms with Gasteiger partial charge in [0.25, 0.3) is 5.56 Å². The van der Waals surface area contributed by atoms with Crippen LogP contribution in [-0.2, 0) is 11.8 Å². The zero-order valence-electron chi connectivity index (χ0n) is 26.1. The van der Waals surface area contributed by atoms with Crippen LogP contribution in [0.5, 0.6) is 0 Å². The molecule has 1 unspecified atom stereocenters. The number of fused-ring (bicyclic) bond motifs is 1. The molecule has 1 aliphatic rings. The number of nitrogens with two attached hydrogens (primary N) is 1. The molecule has 0 spiro atoms. The van der Waals surface area contributed by atoms with Gasteiger partial charge in [-0.25, -0.2) is 9.50 Å². The van der Waals surface area contributed by atoms with Crippen molar-refractivity contribution in [3.63, 3.8) is 0 Å². The Morgan fingerprint density at radius 2 is 1.93 bits per heavy atom. The number of nitrogens with one attached hydrogen (secondary N) is 2. The van der Waals surface area contributed by atoms with Gasteiger partial charge in [0.05, 0.1) is 11.6 Å². The van der Waals surface area contributed by atoms with Gasteiger partial charge in [-0.1, -0.05) is 82.2 Å². The fourth-order valence-electron chi connectivity index (χ4n) is 5.08. The number of aromatic amines is 1. The number of aromatic nitrogens is 4. The Labute approximate surface area is 245 Å². The fourth-order valence-corrected chi connectivity index (χ4v) is 5.08. The highest BCUT2D eigenvalue weighted by atomic mass is 16.1. The van der Waals surface area contributed by atoms with E-state index in [1.54, 1.807) is 10.7 Å². The molecule has 8 nitrogen and oxygen atoms in total. The largest absolute Gasteiger partial charge is 0.354 e. The molecule has 0 saturated carbocycles. The molecule has 0 saturated heterocycles. The number of hydrogen-bond donors (Lipinski definition) is 3. The van der Waals surface area contributed by atoms with Crippen LogP contribution in [-0.4, -0.2) is 44.9 Å². The van der Waals surface area contributed by atoms with E-state index in [0.717, 1.165) is 37.8 Å². The van der Waals surface area contributed by atoms with Gasteiger partial charge in [-0.15, -0.1) is 0 Å². The van der Waals surface area contributed by atoms with Crippen LogP contribution in [0.25, 0.3) is 17.0 Å². The number of anilines is 1. The molecule has 0 radical (unpaired) electrons. The summed E-state index contributed by atoms with van der Waals surface area (Å²) in [6.07, 6.45) is 11.8. The number of H-pyrrole nitrogens is 1. The minimum absolute atomic E-state index is 0.0527. The Morgan fingerprint density at radius 1 is 1.20 bits per heavy atom. The second kappa shape index (κ2) is 14.9. The molecule has 0 fully saturated rings. The summed E-state index contributed by atoms with van der Waals surface area (Å²) in [7, 11) is 0. The summed E-state index contributed by atoms with van der Waals surface area (Å²) in [4.78, 5) is 27.4. The molecular weight excluding hydrogens is 510 g/mol. The number of aliphatic imine (C=N–C) groups is 1. The highest BCUT2D eigenvalue weighted by molar-refractivity contribution is 5.63. The zero-order chi connectivity index (χ0) is 30.0. The molecule has 1 aromatic carbocycles. The Balaban J connectivity index is 0.00000226. The lowest BCUT2D eigenvalue weighted by Gasteiger charge is -2.19. The minimum atomic E-state index is -0.171. The number of allylic oxidation sites excluding steroid dienone is 4. The first kappa shape index (κ1) is 32.0.